The number of aryl methyl sites for hydroxylation is 3. The van der Waals surface area contributed by atoms with Crippen molar-refractivity contribution in [2.24, 2.45) is 0 Å². The van der Waals surface area contributed by atoms with Gasteiger partial charge in [-0.2, -0.15) is 0 Å². The number of furan rings is 1. The maximum absolute atomic E-state index is 9.32. The molecule has 0 aliphatic heterocycles. The summed E-state index contributed by atoms with van der Waals surface area (Å²) in [5.74, 6) is 1.11. The van der Waals surface area contributed by atoms with Crippen LogP contribution in [0.1, 0.15) is 110 Å². The Morgan fingerprint density at radius 1 is 0.739 bits per heavy atom. The van der Waals surface area contributed by atoms with Gasteiger partial charge in [0.25, 0.3) is 0 Å². The van der Waals surface area contributed by atoms with Crippen LogP contribution in [0.25, 0.3) is 94.4 Å². The number of fused-ring (bicyclic) bond motifs is 9. The third kappa shape index (κ3) is 8.26. The van der Waals surface area contributed by atoms with E-state index in [0.29, 0.717) is 38.8 Å². The number of nitrogens with zero attached hydrogens (tertiary/aromatic N) is 5. The molecule has 12 rings (SSSR count). The van der Waals surface area contributed by atoms with Gasteiger partial charge in [-0.1, -0.05) is 139 Å². The summed E-state index contributed by atoms with van der Waals surface area (Å²) in [4.78, 5) is 19.2. The average molecular weight is 1090 g/mol. The van der Waals surface area contributed by atoms with Gasteiger partial charge in [0.2, 0.25) is 5.71 Å². The van der Waals surface area contributed by atoms with Crippen LogP contribution in [0.2, 0.25) is 0 Å². The zero-order valence-corrected chi connectivity index (χ0v) is 42.0. The minimum atomic E-state index is -2.52. The molecule has 0 N–H and O–H groups in total. The maximum Gasteiger partial charge on any atom is 0.216 e. The van der Waals surface area contributed by atoms with Crippen LogP contribution >= 0.6 is 0 Å². The van der Waals surface area contributed by atoms with Crippen LogP contribution in [-0.2, 0) is 38.3 Å². The van der Waals surface area contributed by atoms with E-state index in [4.69, 9.17) is 21.2 Å². The molecular formula is C62H55IrN5O-2. The number of hydrogen-bond donors (Lipinski definition) is 0. The minimum absolute atomic E-state index is 0. The van der Waals surface area contributed by atoms with E-state index in [2.05, 4.69) is 94.8 Å². The molecule has 11 aromatic rings. The Morgan fingerprint density at radius 3 is 2.23 bits per heavy atom. The third-order valence-corrected chi connectivity index (χ3v) is 12.9. The van der Waals surface area contributed by atoms with E-state index in [1.54, 1.807) is 12.1 Å². The summed E-state index contributed by atoms with van der Waals surface area (Å²) in [6, 6.07) is 49.6. The van der Waals surface area contributed by atoms with Crippen LogP contribution in [-0.4, -0.2) is 24.5 Å². The normalized spacial score (nSPS) is 15.8. The summed E-state index contributed by atoms with van der Waals surface area (Å²) in [5, 5.41) is 3.74. The fourth-order valence-corrected chi connectivity index (χ4v) is 9.47. The quantitative estimate of drug-likeness (QED) is 0.123. The van der Waals surface area contributed by atoms with Crippen molar-refractivity contribution >= 4 is 54.8 Å². The van der Waals surface area contributed by atoms with Crippen molar-refractivity contribution in [3.63, 3.8) is 0 Å². The van der Waals surface area contributed by atoms with Crippen LogP contribution in [0.15, 0.2) is 144 Å². The first kappa shape index (κ1) is 38.1. The number of aromatic nitrogens is 5. The van der Waals surface area contributed by atoms with Crippen molar-refractivity contribution in [3.05, 3.63) is 185 Å². The van der Waals surface area contributed by atoms with Gasteiger partial charge >= 0.3 is 0 Å². The molecule has 0 fully saturated rings. The van der Waals surface area contributed by atoms with Gasteiger partial charge in [-0.25, -0.2) is 4.98 Å². The van der Waals surface area contributed by atoms with Crippen molar-refractivity contribution in [1.82, 2.24) is 24.5 Å². The summed E-state index contributed by atoms with van der Waals surface area (Å²) < 4.78 is 71.2. The summed E-state index contributed by atoms with van der Waals surface area (Å²) in [6.45, 7) is 12.5. The number of benzene rings is 7. The Hall–Kier alpha value is -6.79. The first-order valence-electron chi connectivity index (χ1n) is 26.8. The van der Waals surface area contributed by atoms with E-state index in [-0.39, 0.29) is 66.2 Å². The van der Waals surface area contributed by atoms with E-state index in [1.807, 2.05) is 102 Å². The monoisotopic (exact) mass is 1090 g/mol. The van der Waals surface area contributed by atoms with Crippen molar-refractivity contribution in [3.8, 4) is 39.6 Å². The van der Waals surface area contributed by atoms with Crippen LogP contribution < -0.4 is 0 Å². The first-order chi connectivity index (χ1) is 35.6. The molecule has 6 nitrogen and oxygen atoms in total. The first-order valence-corrected chi connectivity index (χ1v) is 23.3. The molecule has 0 spiro atoms. The fourth-order valence-electron chi connectivity index (χ4n) is 9.47. The number of pyridine rings is 1. The van der Waals surface area contributed by atoms with Crippen LogP contribution in [0.5, 0.6) is 0 Å². The van der Waals surface area contributed by atoms with E-state index in [9.17, 15) is 2.74 Å². The summed E-state index contributed by atoms with van der Waals surface area (Å²) in [6.07, 6.45) is -2.47. The van der Waals surface area contributed by atoms with Crippen LogP contribution in [0.3, 0.4) is 0 Å². The van der Waals surface area contributed by atoms with Crippen molar-refractivity contribution in [2.45, 2.75) is 91.7 Å². The van der Waals surface area contributed by atoms with E-state index in [0.717, 1.165) is 66.7 Å². The Morgan fingerprint density at radius 2 is 1.49 bits per heavy atom. The molecule has 69 heavy (non-hydrogen) atoms. The topological polar surface area (TPSA) is 69.6 Å². The summed E-state index contributed by atoms with van der Waals surface area (Å²) >= 11 is 0. The zero-order chi connectivity index (χ0) is 52.9. The van der Waals surface area contributed by atoms with Crippen LogP contribution in [0, 0.1) is 19.0 Å². The van der Waals surface area contributed by atoms with Gasteiger partial charge in [0.05, 0.1) is 33.8 Å². The number of imidazole rings is 1. The van der Waals surface area contributed by atoms with E-state index in [1.165, 1.54) is 6.07 Å². The molecule has 345 valence electrons. The minimum Gasteiger partial charge on any atom is -0.486 e. The van der Waals surface area contributed by atoms with Gasteiger partial charge in [-0.15, -0.1) is 53.6 Å². The molecule has 0 saturated heterocycles. The molecule has 0 unspecified atom stereocenters. The largest absolute Gasteiger partial charge is 0.486 e. The van der Waals surface area contributed by atoms with Crippen LogP contribution in [0.4, 0.5) is 0 Å². The Bertz CT molecular complexity index is 4000. The molecular weight excluding hydrogens is 1020 g/mol. The van der Waals surface area contributed by atoms with Crippen molar-refractivity contribution < 1.29 is 34.1 Å². The second-order valence-corrected chi connectivity index (χ2v) is 19.2. The number of hydrogen-bond acceptors (Lipinski definition) is 5. The summed E-state index contributed by atoms with van der Waals surface area (Å²) in [7, 11) is 0. The molecule has 0 amide bonds. The standard InChI is InChI=1S/C48H40N3O.C14H15N2.Ir/c1-27(2)38-25-34(30-12-7-6-8-13-30)26-39(28(3)4)44(38)51-45-36-17-11-15-32(36)21-23-41(45)49-47(51)37-22-18-29(5)42-40-24-33-20-19-31-14-9-10-16-35(31)43(33)50-48(40)52-46(37)42;1-14(2,3)12-9-10-15-13(16-12)11-7-5-4-6-8-11;/h6-10,12-14,16,18-21,23-28H,11,15,17H2,1-5H3;4-7,9-10H,1-3H3;/q2*-1;/i5D3,15D2,17D2;;. The zero-order valence-electron chi connectivity index (χ0n) is 46.6. The predicted octanol–water partition coefficient (Wildman–Crippen LogP) is 16.0. The molecule has 4 heterocycles. The Labute approximate surface area is 428 Å². The van der Waals surface area contributed by atoms with E-state index < -0.39 is 19.6 Å². The predicted molar refractivity (Wildman–Crippen MR) is 281 cm³/mol. The second kappa shape index (κ2) is 18.3. The molecule has 7 heteroatoms. The third-order valence-electron chi connectivity index (χ3n) is 12.9. The SMILES string of the molecule is CC(C)(C)c1ccnc(-c2[c-]cccc2)n1.[2H]C([2H])([2H])c1c[c-]c(-c2nc3ccc4c(c3n2-c2c(C(C)C)cc(-c3ccccc3)cc2C(C)C)C([2H])([2H])CC4([2H])[2H])c2oc3nc4c(ccc5ccccc54)cc3c12.[Ir]. The molecule has 1 aliphatic rings. The molecule has 0 saturated carbocycles. The van der Waals surface area contributed by atoms with Crippen molar-refractivity contribution in [2.75, 3.05) is 0 Å². The van der Waals surface area contributed by atoms with E-state index >= 15 is 0 Å². The Balaban J connectivity index is 0.000000331. The van der Waals surface area contributed by atoms with Crippen molar-refractivity contribution in [1.29, 1.82) is 0 Å². The van der Waals surface area contributed by atoms with Gasteiger partial charge in [0, 0.05) is 68.9 Å². The maximum atomic E-state index is 9.32. The van der Waals surface area contributed by atoms with Gasteiger partial charge in [0.1, 0.15) is 0 Å². The fraction of sp³-hybridized carbons (Fsp3) is 0.226. The van der Waals surface area contributed by atoms with Gasteiger partial charge in [0.15, 0.2) is 0 Å². The van der Waals surface area contributed by atoms with Gasteiger partial charge in [-0.3, -0.25) is 15.0 Å². The molecule has 4 aromatic heterocycles. The average Bonchev–Trinajstić information content (AvgIpc) is 4.24. The van der Waals surface area contributed by atoms with Gasteiger partial charge < -0.3 is 8.98 Å². The molecule has 0 atom stereocenters. The Kier molecular flexibility index (Phi) is 10.1. The molecule has 1 aliphatic carbocycles. The summed E-state index contributed by atoms with van der Waals surface area (Å²) in [5.41, 5.74) is 10.2. The molecule has 7 aromatic carbocycles. The smallest absolute Gasteiger partial charge is 0.216 e. The van der Waals surface area contributed by atoms with Gasteiger partial charge in [-0.05, 0) is 100 Å². The number of rotatable bonds is 6. The molecule has 0 bridgehead atoms. The molecule has 1 radical (unpaired) electrons. The second-order valence-electron chi connectivity index (χ2n) is 19.2.